The van der Waals surface area contributed by atoms with Gasteiger partial charge in [-0.3, -0.25) is 4.79 Å². The molecular weight excluding hydrogens is 265 g/mol. The van der Waals surface area contributed by atoms with Gasteiger partial charge in [-0.1, -0.05) is 12.1 Å². The van der Waals surface area contributed by atoms with Crippen LogP contribution in [0.2, 0.25) is 0 Å². The van der Waals surface area contributed by atoms with E-state index in [4.69, 9.17) is 9.15 Å². The molecule has 2 aromatic rings. The summed E-state index contributed by atoms with van der Waals surface area (Å²) in [6, 6.07) is 5.24. The zero-order valence-electron chi connectivity index (χ0n) is 9.58. The van der Waals surface area contributed by atoms with Crippen LogP contribution in [-0.4, -0.2) is 19.1 Å². The zero-order chi connectivity index (χ0) is 14.2. The first-order valence-electron chi connectivity index (χ1n) is 5.07. The predicted molar refractivity (Wildman–Crippen MR) is 59.4 cm³/mol. The largest absolute Gasteiger partial charge is 0.493 e. The smallest absolute Gasteiger partial charge is 0.455 e. The van der Waals surface area contributed by atoms with Crippen molar-refractivity contribution in [3.8, 4) is 5.75 Å². The highest BCUT2D eigenvalue weighted by atomic mass is 19.4. The standard InChI is InChI=1S/C12H7F3O4/c1-18-8-4-2-3-6-5-7(10(16)12(13,14)15)11(17)19-9(6)8/h2-5H,1H3. The van der Waals surface area contributed by atoms with Gasteiger partial charge in [-0.15, -0.1) is 0 Å². The van der Waals surface area contributed by atoms with Crippen LogP contribution in [0.15, 0.2) is 33.5 Å². The van der Waals surface area contributed by atoms with Crippen molar-refractivity contribution in [1.29, 1.82) is 0 Å². The van der Waals surface area contributed by atoms with Crippen LogP contribution in [0.25, 0.3) is 11.0 Å². The summed E-state index contributed by atoms with van der Waals surface area (Å²) < 4.78 is 46.6. The summed E-state index contributed by atoms with van der Waals surface area (Å²) in [5, 5.41) is 0.173. The van der Waals surface area contributed by atoms with Crippen LogP contribution in [0, 0.1) is 0 Å². The molecular formula is C12H7F3O4. The van der Waals surface area contributed by atoms with E-state index in [9.17, 15) is 22.8 Å². The molecule has 0 saturated heterocycles. The Hall–Kier alpha value is -2.31. The first-order valence-corrected chi connectivity index (χ1v) is 5.07. The summed E-state index contributed by atoms with van der Waals surface area (Å²) in [6.45, 7) is 0. The minimum Gasteiger partial charge on any atom is -0.493 e. The van der Waals surface area contributed by atoms with E-state index in [1.807, 2.05) is 0 Å². The molecule has 0 spiro atoms. The molecule has 0 atom stereocenters. The second-order valence-corrected chi connectivity index (χ2v) is 3.65. The highest BCUT2D eigenvalue weighted by Crippen LogP contribution is 2.26. The van der Waals surface area contributed by atoms with E-state index in [0.29, 0.717) is 0 Å². The Kier molecular flexibility index (Phi) is 3.05. The second kappa shape index (κ2) is 4.42. The van der Waals surface area contributed by atoms with Gasteiger partial charge in [0.05, 0.1) is 7.11 Å². The molecule has 0 amide bonds. The lowest BCUT2D eigenvalue weighted by Gasteiger charge is -2.06. The highest BCUT2D eigenvalue weighted by Gasteiger charge is 2.41. The molecule has 0 unspecified atom stereocenters. The van der Waals surface area contributed by atoms with Crippen LogP contribution < -0.4 is 10.4 Å². The molecule has 1 aromatic carbocycles. The van der Waals surface area contributed by atoms with Crippen molar-refractivity contribution in [3.05, 3.63) is 40.2 Å². The van der Waals surface area contributed by atoms with Crippen LogP contribution in [-0.2, 0) is 0 Å². The molecule has 0 aliphatic heterocycles. The molecule has 0 aliphatic rings. The molecule has 4 nitrogen and oxygen atoms in total. The maximum atomic E-state index is 12.3. The van der Waals surface area contributed by atoms with E-state index >= 15 is 0 Å². The van der Waals surface area contributed by atoms with E-state index < -0.39 is 23.1 Å². The number of Topliss-reactive ketones (excluding diaryl/α,β-unsaturated/α-hetero) is 1. The Morgan fingerprint density at radius 3 is 2.58 bits per heavy atom. The molecule has 0 radical (unpaired) electrons. The van der Waals surface area contributed by atoms with Crippen LogP contribution in [0.5, 0.6) is 5.75 Å². The Labute approximate surface area is 104 Å². The third-order valence-corrected chi connectivity index (χ3v) is 2.45. The fourth-order valence-corrected chi connectivity index (χ4v) is 1.59. The van der Waals surface area contributed by atoms with Gasteiger partial charge in [-0.25, -0.2) is 4.79 Å². The molecule has 1 aromatic heterocycles. The number of carbonyl (C=O) groups is 1. The summed E-state index contributed by atoms with van der Waals surface area (Å²) >= 11 is 0. The molecule has 0 N–H and O–H groups in total. The van der Waals surface area contributed by atoms with Crippen molar-refractivity contribution in [3.63, 3.8) is 0 Å². The number of hydrogen-bond donors (Lipinski definition) is 0. The lowest BCUT2D eigenvalue weighted by Crippen LogP contribution is -2.27. The fourth-order valence-electron chi connectivity index (χ4n) is 1.59. The lowest BCUT2D eigenvalue weighted by molar-refractivity contribution is -0.0887. The minimum absolute atomic E-state index is 0.00581. The topological polar surface area (TPSA) is 56.5 Å². The van der Waals surface area contributed by atoms with Crippen molar-refractivity contribution in [2.24, 2.45) is 0 Å². The van der Waals surface area contributed by atoms with Gasteiger partial charge in [-0.2, -0.15) is 13.2 Å². The Bertz CT molecular complexity index is 700. The number of rotatable bonds is 2. The fraction of sp³-hybridized carbons (Fsp3) is 0.167. The Morgan fingerprint density at radius 1 is 1.32 bits per heavy atom. The van der Waals surface area contributed by atoms with E-state index in [1.165, 1.54) is 25.3 Å². The summed E-state index contributed by atoms with van der Waals surface area (Å²) in [5.74, 6) is -2.04. The number of alkyl halides is 3. The normalized spacial score (nSPS) is 11.6. The minimum atomic E-state index is -5.12. The van der Waals surface area contributed by atoms with E-state index in [2.05, 4.69) is 0 Å². The van der Waals surface area contributed by atoms with Gasteiger partial charge in [-0.05, 0) is 12.1 Å². The third kappa shape index (κ3) is 2.31. The van der Waals surface area contributed by atoms with Crippen molar-refractivity contribution in [2.45, 2.75) is 6.18 Å². The molecule has 0 saturated carbocycles. The van der Waals surface area contributed by atoms with Crippen molar-refractivity contribution < 1.29 is 27.1 Å². The van der Waals surface area contributed by atoms with Gasteiger partial charge in [0.25, 0.3) is 5.78 Å². The summed E-state index contributed by atoms with van der Waals surface area (Å²) in [5.41, 5.74) is -2.40. The number of methoxy groups -OCH3 is 1. The lowest BCUT2D eigenvalue weighted by atomic mass is 10.1. The molecule has 100 valence electrons. The molecule has 2 rings (SSSR count). The molecule has 7 heteroatoms. The van der Waals surface area contributed by atoms with Gasteiger partial charge in [0, 0.05) is 5.39 Å². The quantitative estimate of drug-likeness (QED) is 0.622. The number of ketones is 1. The molecule has 0 fully saturated rings. The molecule has 0 aliphatic carbocycles. The van der Waals surface area contributed by atoms with Crippen molar-refractivity contribution in [1.82, 2.24) is 0 Å². The number of benzene rings is 1. The first-order chi connectivity index (χ1) is 8.84. The van der Waals surface area contributed by atoms with Gasteiger partial charge < -0.3 is 9.15 Å². The van der Waals surface area contributed by atoms with Crippen LogP contribution in [0.1, 0.15) is 10.4 Å². The summed E-state index contributed by atoms with van der Waals surface area (Å²) in [6.07, 6.45) is -5.12. The van der Waals surface area contributed by atoms with Gasteiger partial charge in [0.1, 0.15) is 5.56 Å². The summed E-state index contributed by atoms with van der Waals surface area (Å²) in [7, 11) is 1.32. The average Bonchev–Trinajstić information content (AvgIpc) is 2.35. The van der Waals surface area contributed by atoms with Gasteiger partial charge in [0.15, 0.2) is 11.3 Å². The second-order valence-electron chi connectivity index (χ2n) is 3.65. The molecule has 0 bridgehead atoms. The summed E-state index contributed by atoms with van der Waals surface area (Å²) in [4.78, 5) is 22.5. The zero-order valence-corrected chi connectivity index (χ0v) is 9.58. The van der Waals surface area contributed by atoms with Gasteiger partial charge >= 0.3 is 11.8 Å². The number of carbonyl (C=O) groups excluding carboxylic acids is 1. The number of fused-ring (bicyclic) bond motifs is 1. The monoisotopic (exact) mass is 272 g/mol. The first kappa shape index (κ1) is 13.1. The maximum Gasteiger partial charge on any atom is 0.455 e. The highest BCUT2D eigenvalue weighted by molar-refractivity contribution is 6.02. The SMILES string of the molecule is COc1cccc2cc(C(=O)C(F)(F)F)c(=O)oc12. The maximum absolute atomic E-state index is 12.3. The van der Waals surface area contributed by atoms with E-state index in [1.54, 1.807) is 0 Å². The van der Waals surface area contributed by atoms with Crippen LogP contribution >= 0.6 is 0 Å². The van der Waals surface area contributed by atoms with Crippen molar-refractivity contribution >= 4 is 16.8 Å². The van der Waals surface area contributed by atoms with Crippen LogP contribution in [0.3, 0.4) is 0 Å². The van der Waals surface area contributed by atoms with E-state index in [0.717, 1.165) is 6.07 Å². The predicted octanol–water partition coefficient (Wildman–Crippen LogP) is 2.55. The van der Waals surface area contributed by atoms with Gasteiger partial charge in [0.2, 0.25) is 0 Å². The number of ether oxygens (including phenoxy) is 1. The Morgan fingerprint density at radius 2 is 2.00 bits per heavy atom. The number of hydrogen-bond acceptors (Lipinski definition) is 4. The molecule has 1 heterocycles. The number of para-hydroxylation sites is 1. The van der Waals surface area contributed by atoms with E-state index in [-0.39, 0.29) is 16.7 Å². The Balaban J connectivity index is 2.71. The van der Waals surface area contributed by atoms with Crippen molar-refractivity contribution in [2.75, 3.05) is 7.11 Å². The van der Waals surface area contributed by atoms with Crippen LogP contribution in [0.4, 0.5) is 13.2 Å². The number of halogens is 3. The average molecular weight is 272 g/mol. The third-order valence-electron chi connectivity index (χ3n) is 2.45. The molecule has 19 heavy (non-hydrogen) atoms.